The van der Waals surface area contributed by atoms with Crippen LogP contribution < -0.4 is 5.32 Å². The first-order chi connectivity index (χ1) is 8.92. The van der Waals surface area contributed by atoms with E-state index in [0.717, 1.165) is 19.3 Å². The van der Waals surface area contributed by atoms with Gasteiger partial charge in [0, 0.05) is 0 Å². The van der Waals surface area contributed by atoms with E-state index in [9.17, 15) is 9.59 Å². The van der Waals surface area contributed by atoms with Crippen molar-refractivity contribution in [3.63, 3.8) is 0 Å². The molecule has 1 aliphatic carbocycles. The fraction of sp³-hybridized carbons (Fsp3) is 0.867. The molecule has 1 N–H and O–H groups in total. The van der Waals surface area contributed by atoms with Gasteiger partial charge in [0.05, 0.1) is 12.0 Å². The fourth-order valence-electron chi connectivity index (χ4n) is 3.13. The van der Waals surface area contributed by atoms with E-state index in [1.165, 1.54) is 6.42 Å². The number of carbonyl (C=O) groups excluding carboxylic acids is 2. The van der Waals surface area contributed by atoms with Crippen LogP contribution in [0.2, 0.25) is 0 Å². The number of rotatable bonds is 5. The molecule has 110 valence electrons. The summed E-state index contributed by atoms with van der Waals surface area (Å²) in [5, 5.41) is 2.77. The zero-order chi connectivity index (χ0) is 14.5. The first-order valence-electron chi connectivity index (χ1n) is 7.36. The third kappa shape index (κ3) is 3.95. The van der Waals surface area contributed by atoms with E-state index in [0.29, 0.717) is 12.5 Å². The van der Waals surface area contributed by atoms with Gasteiger partial charge in [-0.1, -0.05) is 33.6 Å². The van der Waals surface area contributed by atoms with Crippen LogP contribution in [0, 0.1) is 17.3 Å². The number of hydrogen-bond acceptors (Lipinski definition) is 3. The van der Waals surface area contributed by atoms with Crippen LogP contribution >= 0.6 is 0 Å². The molecule has 4 heteroatoms. The summed E-state index contributed by atoms with van der Waals surface area (Å²) in [6.07, 6.45) is 4.12. The molecule has 1 saturated carbocycles. The molecule has 1 rings (SSSR count). The molecule has 0 saturated heterocycles. The maximum absolute atomic E-state index is 12.5. The Morgan fingerprint density at radius 3 is 2.63 bits per heavy atom. The second kappa shape index (κ2) is 6.92. The lowest BCUT2D eigenvalue weighted by Crippen LogP contribution is -2.48. The van der Waals surface area contributed by atoms with Gasteiger partial charge < -0.3 is 10.1 Å². The average Bonchev–Trinajstić information content (AvgIpc) is 2.35. The molecule has 2 unspecified atom stereocenters. The number of ether oxygens (including phenoxy) is 1. The van der Waals surface area contributed by atoms with Crippen LogP contribution in [0.4, 0.5) is 0 Å². The summed E-state index contributed by atoms with van der Waals surface area (Å²) >= 11 is 0. The van der Waals surface area contributed by atoms with Crippen molar-refractivity contribution in [2.24, 2.45) is 17.3 Å². The molecule has 0 radical (unpaired) electrons. The third-order valence-corrected chi connectivity index (χ3v) is 4.29. The maximum Gasteiger partial charge on any atom is 0.325 e. The maximum atomic E-state index is 12.5. The highest BCUT2D eigenvalue weighted by molar-refractivity contribution is 5.86. The van der Waals surface area contributed by atoms with Gasteiger partial charge in [-0.2, -0.15) is 0 Å². The topological polar surface area (TPSA) is 55.4 Å². The fourth-order valence-corrected chi connectivity index (χ4v) is 3.13. The Labute approximate surface area is 116 Å². The van der Waals surface area contributed by atoms with E-state index < -0.39 is 0 Å². The van der Waals surface area contributed by atoms with Crippen molar-refractivity contribution < 1.29 is 14.3 Å². The van der Waals surface area contributed by atoms with Crippen molar-refractivity contribution in [2.45, 2.75) is 53.4 Å². The summed E-state index contributed by atoms with van der Waals surface area (Å²) in [6, 6.07) is 0. The van der Waals surface area contributed by atoms with Crippen molar-refractivity contribution in [3.05, 3.63) is 0 Å². The van der Waals surface area contributed by atoms with Crippen molar-refractivity contribution >= 4 is 11.9 Å². The second-order valence-corrected chi connectivity index (χ2v) is 6.00. The van der Waals surface area contributed by atoms with Crippen LogP contribution in [0.1, 0.15) is 53.4 Å². The minimum absolute atomic E-state index is 0.0158. The monoisotopic (exact) mass is 269 g/mol. The number of carbonyl (C=O) groups is 2. The number of esters is 1. The zero-order valence-electron chi connectivity index (χ0n) is 12.6. The third-order valence-electron chi connectivity index (χ3n) is 4.29. The van der Waals surface area contributed by atoms with Gasteiger partial charge in [-0.15, -0.1) is 0 Å². The van der Waals surface area contributed by atoms with E-state index in [4.69, 9.17) is 4.74 Å². The van der Waals surface area contributed by atoms with Crippen LogP contribution in [0.3, 0.4) is 0 Å². The summed E-state index contributed by atoms with van der Waals surface area (Å²) in [5.74, 6) is 0.516. The highest BCUT2D eigenvalue weighted by Gasteiger charge is 2.44. The summed E-state index contributed by atoms with van der Waals surface area (Å²) < 4.78 is 4.84. The first-order valence-corrected chi connectivity index (χ1v) is 7.36. The van der Waals surface area contributed by atoms with E-state index in [1.807, 2.05) is 0 Å². The van der Waals surface area contributed by atoms with Gasteiger partial charge in [-0.25, -0.2) is 0 Å². The standard InChI is InChI=1S/C15H27NO3/c1-5-19-13(17)10-16-14(18)15(11(2)3)8-6-7-12(4)9-15/h11-12H,5-10H2,1-4H3,(H,16,18). The Morgan fingerprint density at radius 1 is 1.42 bits per heavy atom. The molecule has 2 atom stereocenters. The molecule has 0 aliphatic heterocycles. The van der Waals surface area contributed by atoms with E-state index in [2.05, 4.69) is 26.1 Å². The normalized spacial score (nSPS) is 27.1. The van der Waals surface area contributed by atoms with E-state index in [-0.39, 0.29) is 29.8 Å². The molecule has 0 bridgehead atoms. The zero-order valence-corrected chi connectivity index (χ0v) is 12.6. The lowest BCUT2D eigenvalue weighted by Gasteiger charge is -2.41. The Morgan fingerprint density at radius 2 is 2.11 bits per heavy atom. The van der Waals surface area contributed by atoms with Crippen molar-refractivity contribution in [3.8, 4) is 0 Å². The minimum atomic E-state index is -0.362. The Kier molecular flexibility index (Phi) is 5.83. The van der Waals surface area contributed by atoms with Crippen LogP contribution in [0.25, 0.3) is 0 Å². The molecule has 0 aromatic heterocycles. The van der Waals surface area contributed by atoms with Gasteiger partial charge in [0.1, 0.15) is 6.54 Å². The van der Waals surface area contributed by atoms with Gasteiger partial charge in [-0.3, -0.25) is 9.59 Å². The van der Waals surface area contributed by atoms with Gasteiger partial charge >= 0.3 is 5.97 Å². The molecule has 0 spiro atoms. The molecular formula is C15H27NO3. The Bertz CT molecular complexity index is 327. The summed E-state index contributed by atoms with van der Waals surface area (Å²) in [5.41, 5.74) is -0.315. The lowest BCUT2D eigenvalue weighted by molar-refractivity contribution is -0.146. The largest absolute Gasteiger partial charge is 0.465 e. The Hall–Kier alpha value is -1.06. The van der Waals surface area contributed by atoms with E-state index in [1.54, 1.807) is 6.92 Å². The lowest BCUT2D eigenvalue weighted by atomic mass is 9.63. The highest BCUT2D eigenvalue weighted by Crippen LogP contribution is 2.44. The molecule has 4 nitrogen and oxygen atoms in total. The minimum Gasteiger partial charge on any atom is -0.465 e. The van der Waals surface area contributed by atoms with Crippen molar-refractivity contribution in [1.82, 2.24) is 5.32 Å². The van der Waals surface area contributed by atoms with E-state index >= 15 is 0 Å². The molecule has 1 aliphatic rings. The molecule has 0 heterocycles. The van der Waals surface area contributed by atoms with Gasteiger partial charge in [0.25, 0.3) is 0 Å². The SMILES string of the molecule is CCOC(=O)CNC(=O)C1(C(C)C)CCCC(C)C1. The van der Waals surface area contributed by atoms with Crippen molar-refractivity contribution in [1.29, 1.82) is 0 Å². The van der Waals surface area contributed by atoms with Crippen LogP contribution in [0.15, 0.2) is 0 Å². The molecular weight excluding hydrogens is 242 g/mol. The predicted octanol–water partition coefficient (Wildman–Crippen LogP) is 2.52. The summed E-state index contributed by atoms with van der Waals surface area (Å²) in [6.45, 7) is 8.49. The average molecular weight is 269 g/mol. The highest BCUT2D eigenvalue weighted by atomic mass is 16.5. The first kappa shape index (κ1) is 16.0. The molecule has 0 aromatic carbocycles. The van der Waals surface area contributed by atoms with Crippen LogP contribution in [-0.4, -0.2) is 25.0 Å². The van der Waals surface area contributed by atoms with Gasteiger partial charge in [0.2, 0.25) is 5.91 Å². The molecule has 1 fully saturated rings. The van der Waals surface area contributed by atoms with Crippen LogP contribution in [-0.2, 0) is 14.3 Å². The predicted molar refractivity (Wildman–Crippen MR) is 74.5 cm³/mol. The molecule has 19 heavy (non-hydrogen) atoms. The molecule has 0 aromatic rings. The smallest absolute Gasteiger partial charge is 0.325 e. The number of hydrogen-bond donors (Lipinski definition) is 1. The van der Waals surface area contributed by atoms with Crippen molar-refractivity contribution in [2.75, 3.05) is 13.2 Å². The second-order valence-electron chi connectivity index (χ2n) is 6.00. The molecule has 1 amide bonds. The summed E-state index contributed by atoms with van der Waals surface area (Å²) in [7, 11) is 0. The number of amides is 1. The van der Waals surface area contributed by atoms with Gasteiger partial charge in [0.15, 0.2) is 0 Å². The summed E-state index contributed by atoms with van der Waals surface area (Å²) in [4.78, 5) is 23.8. The Balaban J connectivity index is 2.66. The number of nitrogens with one attached hydrogen (secondary N) is 1. The quantitative estimate of drug-likeness (QED) is 0.780. The van der Waals surface area contributed by atoms with Crippen LogP contribution in [0.5, 0.6) is 0 Å². The van der Waals surface area contributed by atoms with Gasteiger partial charge in [-0.05, 0) is 31.6 Å².